The van der Waals surface area contributed by atoms with Gasteiger partial charge in [0.25, 0.3) is 0 Å². The van der Waals surface area contributed by atoms with Crippen LogP contribution < -0.4 is 44.8 Å². The second-order valence-electron chi connectivity index (χ2n) is 9.65. The molecule has 1 amide bonds. The van der Waals surface area contributed by atoms with E-state index in [9.17, 15) is 4.79 Å². The maximum atomic E-state index is 13.0. The summed E-state index contributed by atoms with van der Waals surface area (Å²) in [6, 6.07) is 14.6. The number of nitrogens with one attached hydrogen (secondary N) is 2. The predicted molar refractivity (Wildman–Crippen MR) is 181 cm³/mol. The third-order valence-corrected chi connectivity index (χ3v) is 8.78. The molecule has 0 radical (unpaired) electrons. The van der Waals surface area contributed by atoms with Crippen LogP contribution in [-0.2, 0) is 11.2 Å². The number of aromatic nitrogens is 2. The van der Waals surface area contributed by atoms with Gasteiger partial charge in [0.2, 0.25) is 17.4 Å². The van der Waals surface area contributed by atoms with Crippen molar-refractivity contribution >= 4 is 50.9 Å². The number of anilines is 4. The van der Waals surface area contributed by atoms with Gasteiger partial charge in [-0.15, -0.1) is 11.3 Å². The summed E-state index contributed by atoms with van der Waals surface area (Å²) in [5.41, 5.74) is 9.94. The van der Waals surface area contributed by atoms with E-state index in [4.69, 9.17) is 39.1 Å². The fourth-order valence-electron chi connectivity index (χ4n) is 4.71. The number of nitrogen functional groups attached to an aromatic ring is 1. The van der Waals surface area contributed by atoms with Crippen molar-refractivity contribution in [3.63, 3.8) is 0 Å². The number of thiazole rings is 2. The van der Waals surface area contributed by atoms with Crippen LogP contribution in [0.2, 0.25) is 0 Å². The zero-order chi connectivity index (χ0) is 32.8. The molecule has 5 aromatic rings. The SMILES string of the molecule is COc1cc(CC(=O)Nc2cccc(-c3csc(-c4sc(Nc5cc(OC)c(OC)c(OC)c5)nc4N)n3)c2)cc(OC)c1OC. The van der Waals surface area contributed by atoms with E-state index in [1.807, 2.05) is 29.6 Å². The Balaban J connectivity index is 1.30. The third-order valence-electron chi connectivity index (χ3n) is 6.80. The van der Waals surface area contributed by atoms with Crippen LogP contribution in [0, 0.1) is 0 Å². The Morgan fingerprint density at radius 2 is 1.39 bits per heavy atom. The molecule has 0 fully saturated rings. The first-order chi connectivity index (χ1) is 22.3. The minimum Gasteiger partial charge on any atom is -0.493 e. The molecule has 0 saturated carbocycles. The van der Waals surface area contributed by atoms with Gasteiger partial charge < -0.3 is 44.8 Å². The van der Waals surface area contributed by atoms with Gasteiger partial charge in [0.15, 0.2) is 28.1 Å². The molecule has 0 unspecified atom stereocenters. The molecule has 240 valence electrons. The Labute approximate surface area is 274 Å². The van der Waals surface area contributed by atoms with Crippen LogP contribution >= 0.6 is 22.7 Å². The monoisotopic (exact) mass is 663 g/mol. The number of hydrogen-bond acceptors (Lipinski definition) is 13. The summed E-state index contributed by atoms with van der Waals surface area (Å²) in [7, 11) is 9.27. The summed E-state index contributed by atoms with van der Waals surface area (Å²) >= 11 is 2.83. The number of rotatable bonds is 13. The van der Waals surface area contributed by atoms with Gasteiger partial charge in [0.05, 0.1) is 54.8 Å². The average molecular weight is 664 g/mol. The van der Waals surface area contributed by atoms with E-state index in [-0.39, 0.29) is 12.3 Å². The Bertz CT molecular complexity index is 1810. The Morgan fingerprint density at radius 3 is 1.98 bits per heavy atom. The molecule has 12 nitrogen and oxygen atoms in total. The second kappa shape index (κ2) is 14.3. The van der Waals surface area contributed by atoms with Crippen molar-refractivity contribution < 1.29 is 33.2 Å². The molecule has 0 aliphatic rings. The van der Waals surface area contributed by atoms with Crippen molar-refractivity contribution in [1.82, 2.24) is 9.97 Å². The lowest BCUT2D eigenvalue weighted by Crippen LogP contribution is -2.14. The zero-order valence-corrected chi connectivity index (χ0v) is 27.7. The maximum absolute atomic E-state index is 13.0. The molecule has 0 saturated heterocycles. The minimum atomic E-state index is -0.199. The van der Waals surface area contributed by atoms with Gasteiger partial charge in [-0.3, -0.25) is 4.79 Å². The van der Waals surface area contributed by atoms with Gasteiger partial charge in [0.1, 0.15) is 15.7 Å². The zero-order valence-electron chi connectivity index (χ0n) is 26.0. The molecule has 14 heteroatoms. The maximum Gasteiger partial charge on any atom is 0.228 e. The molecule has 5 rings (SSSR count). The quantitative estimate of drug-likeness (QED) is 0.127. The summed E-state index contributed by atoms with van der Waals surface area (Å²) in [6.45, 7) is 0. The molecule has 46 heavy (non-hydrogen) atoms. The van der Waals surface area contributed by atoms with E-state index >= 15 is 0 Å². The number of nitrogens with two attached hydrogens (primary N) is 1. The lowest BCUT2D eigenvalue weighted by atomic mass is 10.1. The van der Waals surface area contributed by atoms with Crippen molar-refractivity contribution in [2.24, 2.45) is 0 Å². The molecular formula is C32H33N5O7S2. The number of hydrogen-bond donors (Lipinski definition) is 3. The van der Waals surface area contributed by atoms with Crippen LogP contribution in [0.5, 0.6) is 34.5 Å². The summed E-state index contributed by atoms with van der Waals surface area (Å²) in [6.07, 6.45) is 0.110. The molecular weight excluding hydrogens is 631 g/mol. The van der Waals surface area contributed by atoms with Crippen molar-refractivity contribution in [3.05, 3.63) is 59.5 Å². The normalized spacial score (nSPS) is 10.7. The van der Waals surface area contributed by atoms with Gasteiger partial charge in [-0.25, -0.2) is 9.97 Å². The fourth-order valence-corrected chi connectivity index (χ4v) is 6.54. The first-order valence-electron chi connectivity index (χ1n) is 13.8. The molecule has 0 atom stereocenters. The highest BCUT2D eigenvalue weighted by atomic mass is 32.1. The smallest absolute Gasteiger partial charge is 0.228 e. The van der Waals surface area contributed by atoms with E-state index in [0.717, 1.165) is 21.1 Å². The molecule has 2 aromatic heterocycles. The average Bonchev–Trinajstić information content (AvgIpc) is 3.70. The van der Waals surface area contributed by atoms with E-state index in [1.54, 1.807) is 45.6 Å². The van der Waals surface area contributed by atoms with Gasteiger partial charge in [-0.1, -0.05) is 23.5 Å². The first-order valence-corrected chi connectivity index (χ1v) is 15.5. The second-order valence-corrected chi connectivity index (χ2v) is 11.5. The molecule has 3 aromatic carbocycles. The number of nitrogens with zero attached hydrogens (tertiary/aromatic N) is 2. The molecule has 0 spiro atoms. The predicted octanol–water partition coefficient (Wildman–Crippen LogP) is 6.49. The molecule has 0 bridgehead atoms. The molecule has 0 aliphatic carbocycles. The highest BCUT2D eigenvalue weighted by Gasteiger charge is 2.19. The number of amides is 1. The van der Waals surface area contributed by atoms with Crippen LogP contribution in [-0.4, -0.2) is 58.5 Å². The third kappa shape index (κ3) is 6.87. The minimum absolute atomic E-state index is 0.110. The van der Waals surface area contributed by atoms with Crippen LogP contribution in [0.4, 0.5) is 22.3 Å². The number of methoxy groups -OCH3 is 6. The Hall–Kier alpha value is -5.21. The van der Waals surface area contributed by atoms with E-state index < -0.39 is 0 Å². The highest BCUT2D eigenvalue weighted by molar-refractivity contribution is 7.23. The van der Waals surface area contributed by atoms with Crippen LogP contribution in [0.25, 0.3) is 21.1 Å². The molecule has 0 aliphatic heterocycles. The van der Waals surface area contributed by atoms with Gasteiger partial charge in [-0.05, 0) is 29.8 Å². The molecule has 2 heterocycles. The number of carbonyl (C=O) groups excluding carboxylic acids is 1. The van der Waals surface area contributed by atoms with Gasteiger partial charge in [-0.2, -0.15) is 0 Å². The Morgan fingerprint density at radius 1 is 0.783 bits per heavy atom. The van der Waals surface area contributed by atoms with Gasteiger partial charge >= 0.3 is 0 Å². The van der Waals surface area contributed by atoms with Crippen LogP contribution in [0.3, 0.4) is 0 Å². The summed E-state index contributed by atoms with van der Waals surface area (Å²) in [5, 5.41) is 9.47. The van der Waals surface area contributed by atoms with Gasteiger partial charge in [0, 0.05) is 34.5 Å². The highest BCUT2D eigenvalue weighted by Crippen LogP contribution is 2.43. The summed E-state index contributed by atoms with van der Waals surface area (Å²) in [4.78, 5) is 23.0. The van der Waals surface area contributed by atoms with Crippen LogP contribution in [0.1, 0.15) is 5.56 Å². The molecule has 4 N–H and O–H groups in total. The van der Waals surface area contributed by atoms with Crippen molar-refractivity contribution in [2.45, 2.75) is 6.42 Å². The summed E-state index contributed by atoms with van der Waals surface area (Å²) in [5.74, 6) is 3.11. The van der Waals surface area contributed by atoms with Crippen molar-refractivity contribution in [1.29, 1.82) is 0 Å². The standard InChI is InChI=1S/C32H33N5O7S2/c1-39-22-10-17(11-23(40-2)27(22)43-5)12-26(38)34-19-9-7-8-18(13-19)21-16-45-31(36-21)29-30(33)37-32(46-29)35-20-14-24(41-3)28(44-6)25(15-20)42-4/h7-11,13-16H,12,33H2,1-6H3,(H,34,38)(H,35,37). The summed E-state index contributed by atoms with van der Waals surface area (Å²) < 4.78 is 32.5. The van der Waals surface area contributed by atoms with Crippen molar-refractivity contribution in [2.75, 3.05) is 59.0 Å². The fraction of sp³-hybridized carbons (Fsp3) is 0.219. The van der Waals surface area contributed by atoms with E-state index in [1.165, 1.54) is 44.0 Å². The topological polar surface area (TPSA) is 148 Å². The van der Waals surface area contributed by atoms with Crippen LogP contribution in [0.15, 0.2) is 53.9 Å². The first kappa shape index (κ1) is 32.2. The lowest BCUT2D eigenvalue weighted by molar-refractivity contribution is -0.115. The Kier molecular flexibility index (Phi) is 9.98. The van der Waals surface area contributed by atoms with E-state index in [2.05, 4.69) is 15.6 Å². The largest absolute Gasteiger partial charge is 0.493 e. The van der Waals surface area contributed by atoms with E-state index in [0.29, 0.717) is 62.4 Å². The lowest BCUT2D eigenvalue weighted by Gasteiger charge is -2.14. The number of carbonyl (C=O) groups is 1. The number of ether oxygens (including phenoxy) is 6. The number of benzene rings is 3. The van der Waals surface area contributed by atoms with Crippen molar-refractivity contribution in [3.8, 4) is 55.6 Å².